The quantitative estimate of drug-likeness (QED) is 0.483. The van der Waals surface area contributed by atoms with E-state index in [-0.39, 0.29) is 30.6 Å². The highest BCUT2D eigenvalue weighted by Crippen LogP contribution is 2.27. The molecule has 1 aliphatic heterocycles. The number of aromatic nitrogens is 1. The summed E-state index contributed by atoms with van der Waals surface area (Å²) < 4.78 is 28.8. The molecular formula is C24H38N2O8. The van der Waals surface area contributed by atoms with Crippen molar-refractivity contribution >= 4 is 11.9 Å². The monoisotopic (exact) mass is 482 g/mol. The summed E-state index contributed by atoms with van der Waals surface area (Å²) in [4.78, 5) is 29.7. The molecule has 1 aromatic heterocycles. The number of aromatic hydroxyl groups is 1. The molecule has 10 nitrogen and oxygen atoms in total. The zero-order chi connectivity index (χ0) is 25.3. The van der Waals surface area contributed by atoms with Gasteiger partial charge < -0.3 is 34.1 Å². The molecule has 34 heavy (non-hydrogen) atoms. The number of esters is 1. The molecule has 0 radical (unpaired) electrons. The summed E-state index contributed by atoms with van der Waals surface area (Å²) in [5.74, 6) is -1.16. The van der Waals surface area contributed by atoms with Crippen LogP contribution >= 0.6 is 0 Å². The van der Waals surface area contributed by atoms with Crippen LogP contribution in [-0.2, 0) is 23.7 Å². The van der Waals surface area contributed by atoms with Crippen molar-refractivity contribution in [3.05, 3.63) is 18.0 Å². The van der Waals surface area contributed by atoms with Crippen molar-refractivity contribution < 1.29 is 38.4 Å². The number of nitrogens with one attached hydrogen (secondary N) is 1. The summed E-state index contributed by atoms with van der Waals surface area (Å²) in [5, 5.41) is 12.8. The van der Waals surface area contributed by atoms with E-state index in [0.29, 0.717) is 25.6 Å². The highest BCUT2D eigenvalue weighted by atomic mass is 16.6. The second-order valence-corrected chi connectivity index (χ2v) is 9.11. The Hall–Kier alpha value is -2.43. The van der Waals surface area contributed by atoms with E-state index in [4.69, 9.17) is 23.7 Å². The lowest BCUT2D eigenvalue weighted by Gasteiger charge is -2.33. The zero-order valence-corrected chi connectivity index (χ0v) is 20.9. The first-order valence-corrected chi connectivity index (χ1v) is 11.7. The van der Waals surface area contributed by atoms with Gasteiger partial charge in [0.2, 0.25) is 0 Å². The van der Waals surface area contributed by atoms with Gasteiger partial charge in [-0.3, -0.25) is 4.79 Å². The molecule has 1 fully saturated rings. The Kier molecular flexibility index (Phi) is 11.0. The van der Waals surface area contributed by atoms with Crippen molar-refractivity contribution in [1.29, 1.82) is 0 Å². The molecule has 2 rings (SSSR count). The first-order chi connectivity index (χ1) is 16.2. The van der Waals surface area contributed by atoms with E-state index in [1.165, 1.54) is 19.4 Å². The first-order valence-electron chi connectivity index (χ1n) is 11.7. The number of amides is 1. The Bertz CT molecular complexity index is 801. The second kappa shape index (κ2) is 13.5. The summed E-state index contributed by atoms with van der Waals surface area (Å²) in [6, 6.07) is 0.313. The number of carbonyl (C=O) groups is 2. The van der Waals surface area contributed by atoms with Crippen LogP contribution in [0.1, 0.15) is 51.5 Å². The van der Waals surface area contributed by atoms with E-state index < -0.39 is 42.0 Å². The summed E-state index contributed by atoms with van der Waals surface area (Å²) in [6.45, 7) is 11.1. The van der Waals surface area contributed by atoms with Gasteiger partial charge in [-0.1, -0.05) is 34.6 Å². The second-order valence-electron chi connectivity index (χ2n) is 9.11. The van der Waals surface area contributed by atoms with Crippen molar-refractivity contribution in [3.63, 3.8) is 0 Å². The van der Waals surface area contributed by atoms with Crippen LogP contribution in [-0.4, -0.2) is 79.9 Å². The van der Waals surface area contributed by atoms with Crippen LogP contribution in [0, 0.1) is 11.8 Å². The fourth-order valence-corrected chi connectivity index (χ4v) is 3.39. The summed E-state index contributed by atoms with van der Waals surface area (Å²) >= 11 is 0. The Morgan fingerprint density at radius 2 is 1.88 bits per heavy atom. The van der Waals surface area contributed by atoms with Crippen LogP contribution in [0.3, 0.4) is 0 Å². The molecule has 1 saturated heterocycles. The molecule has 0 aromatic carbocycles. The molecular weight excluding hydrogens is 444 g/mol. The topological polar surface area (TPSA) is 125 Å². The smallest absolute Gasteiger partial charge is 0.331 e. The molecule has 0 bridgehead atoms. The molecule has 0 saturated carbocycles. The minimum Gasteiger partial charge on any atom is -0.503 e. The predicted octanol–water partition coefficient (Wildman–Crippen LogP) is 2.33. The third-order valence-electron chi connectivity index (χ3n) is 5.15. The number of carbonyl (C=O) groups excluding carboxylic acids is 2. The van der Waals surface area contributed by atoms with Crippen LogP contribution in [0.2, 0.25) is 0 Å². The Morgan fingerprint density at radius 3 is 2.50 bits per heavy atom. The number of hydrogen-bond donors (Lipinski definition) is 2. The van der Waals surface area contributed by atoms with Crippen molar-refractivity contribution in [2.75, 3.05) is 33.5 Å². The highest BCUT2D eigenvalue weighted by Gasteiger charge is 2.38. The van der Waals surface area contributed by atoms with E-state index >= 15 is 0 Å². The largest absolute Gasteiger partial charge is 0.503 e. The molecule has 2 heterocycles. The van der Waals surface area contributed by atoms with E-state index in [9.17, 15) is 14.7 Å². The van der Waals surface area contributed by atoms with Gasteiger partial charge in [0.05, 0.1) is 20.3 Å². The van der Waals surface area contributed by atoms with Crippen LogP contribution < -0.4 is 10.1 Å². The third-order valence-corrected chi connectivity index (χ3v) is 5.15. The lowest BCUT2D eigenvalue weighted by atomic mass is 10.0. The molecule has 1 aliphatic rings. The fraction of sp³-hybridized carbons (Fsp3) is 0.708. The van der Waals surface area contributed by atoms with Crippen molar-refractivity contribution in [3.8, 4) is 11.5 Å². The maximum Gasteiger partial charge on any atom is 0.331 e. The summed E-state index contributed by atoms with van der Waals surface area (Å²) in [6.07, 6.45) is 0.264. The average Bonchev–Trinajstić information content (AvgIpc) is 2.85. The number of cyclic esters (lactones) is 1. The van der Waals surface area contributed by atoms with Gasteiger partial charge >= 0.3 is 5.97 Å². The van der Waals surface area contributed by atoms with Gasteiger partial charge in [-0.15, -0.1) is 0 Å². The molecule has 10 heteroatoms. The molecule has 0 spiro atoms. The minimum absolute atomic E-state index is 0.0924. The van der Waals surface area contributed by atoms with Crippen molar-refractivity contribution in [2.45, 2.75) is 65.4 Å². The zero-order valence-electron chi connectivity index (χ0n) is 20.9. The predicted molar refractivity (Wildman–Crippen MR) is 124 cm³/mol. The number of methoxy groups -OCH3 is 1. The van der Waals surface area contributed by atoms with Gasteiger partial charge in [0.25, 0.3) is 5.91 Å². The minimum atomic E-state index is -1.11. The Labute approximate surface area is 201 Å². The molecule has 1 aromatic rings. The maximum absolute atomic E-state index is 13.0. The average molecular weight is 483 g/mol. The van der Waals surface area contributed by atoms with Crippen LogP contribution in [0.5, 0.6) is 11.5 Å². The van der Waals surface area contributed by atoms with Gasteiger partial charge in [-0.05, 0) is 18.3 Å². The molecule has 0 aliphatic carbocycles. The molecule has 1 unspecified atom stereocenters. The first kappa shape index (κ1) is 27.8. The van der Waals surface area contributed by atoms with E-state index in [1.807, 2.05) is 34.6 Å². The van der Waals surface area contributed by atoms with Gasteiger partial charge in [-0.25, -0.2) is 9.78 Å². The lowest BCUT2D eigenvalue weighted by Crippen LogP contribution is -2.48. The van der Waals surface area contributed by atoms with Crippen molar-refractivity contribution in [2.24, 2.45) is 11.8 Å². The standard InChI is InChI=1S/C24H38N2O8/c1-7-17-22(33-11-15(4)5)19(32-10-14(2)3)13-31-12-16(24(29)34-17)26-23(28)20-21(27)18(30-6)8-9-25-20/h8-9,14-17,19,22,27H,7,10-13H2,1-6H3,(H,26,28)/t16?,17-,19-,22-/m0/s1. The Morgan fingerprint density at radius 1 is 1.21 bits per heavy atom. The van der Waals surface area contributed by atoms with Crippen LogP contribution in [0.4, 0.5) is 0 Å². The molecule has 2 N–H and O–H groups in total. The SMILES string of the molecule is CC[C@@H]1OC(=O)C(NC(=O)c2nccc(OC)c2O)COC[C@H](OCC(C)C)[C@H]1OCC(C)C. The number of ether oxygens (including phenoxy) is 5. The number of nitrogens with zero attached hydrogens (tertiary/aromatic N) is 1. The normalized spacial score (nSPS) is 23.7. The van der Waals surface area contributed by atoms with Gasteiger partial charge in [-0.2, -0.15) is 0 Å². The molecule has 1 amide bonds. The van der Waals surface area contributed by atoms with E-state index in [2.05, 4.69) is 10.3 Å². The summed E-state index contributed by atoms with van der Waals surface area (Å²) in [7, 11) is 1.36. The third kappa shape index (κ3) is 7.82. The molecule has 4 atom stereocenters. The lowest BCUT2D eigenvalue weighted by molar-refractivity contribution is -0.173. The van der Waals surface area contributed by atoms with Crippen LogP contribution in [0.15, 0.2) is 12.3 Å². The maximum atomic E-state index is 13.0. The summed E-state index contributed by atoms with van der Waals surface area (Å²) in [5.41, 5.74) is -0.268. The number of hydrogen-bond acceptors (Lipinski definition) is 9. The van der Waals surface area contributed by atoms with Crippen LogP contribution in [0.25, 0.3) is 0 Å². The number of pyridine rings is 1. The van der Waals surface area contributed by atoms with Gasteiger partial charge in [0, 0.05) is 25.5 Å². The Balaban J connectivity index is 2.22. The highest BCUT2D eigenvalue weighted by molar-refractivity contribution is 5.98. The molecule has 192 valence electrons. The fourth-order valence-electron chi connectivity index (χ4n) is 3.39. The van der Waals surface area contributed by atoms with E-state index in [1.54, 1.807) is 0 Å². The van der Waals surface area contributed by atoms with Gasteiger partial charge in [0.15, 0.2) is 23.2 Å². The number of rotatable bonds is 10. The van der Waals surface area contributed by atoms with Gasteiger partial charge in [0.1, 0.15) is 18.3 Å². The van der Waals surface area contributed by atoms with Crippen molar-refractivity contribution in [1.82, 2.24) is 10.3 Å². The van der Waals surface area contributed by atoms with E-state index in [0.717, 1.165) is 0 Å².